The number of carboxylic acids is 1. The molecule has 0 aliphatic heterocycles. The molecule has 0 saturated heterocycles. The van der Waals surface area contributed by atoms with Crippen molar-refractivity contribution in [2.45, 2.75) is 25.7 Å². The van der Waals surface area contributed by atoms with Gasteiger partial charge in [0.1, 0.15) is 0 Å². The van der Waals surface area contributed by atoms with Crippen LogP contribution in [0.4, 0.5) is 8.78 Å². The van der Waals surface area contributed by atoms with E-state index in [0.717, 1.165) is 16.5 Å². The first-order valence-corrected chi connectivity index (χ1v) is 7.16. The first kappa shape index (κ1) is 14.6. The van der Waals surface area contributed by atoms with Crippen molar-refractivity contribution in [1.82, 2.24) is 4.98 Å². The lowest BCUT2D eigenvalue weighted by Crippen LogP contribution is -2.14. The van der Waals surface area contributed by atoms with Crippen LogP contribution in [0.3, 0.4) is 0 Å². The SMILES string of the molecule is O=C(O)c1cnc2c(C3=CCC(C(F)F)CC3)cccc2c1. The van der Waals surface area contributed by atoms with E-state index in [1.807, 2.05) is 24.3 Å². The average molecular weight is 303 g/mol. The Morgan fingerprint density at radius 3 is 2.82 bits per heavy atom. The minimum atomic E-state index is -2.28. The number of fused-ring (bicyclic) bond motifs is 1. The second kappa shape index (κ2) is 5.83. The summed E-state index contributed by atoms with van der Waals surface area (Å²) in [6.45, 7) is 0. The highest BCUT2D eigenvalue weighted by molar-refractivity contribution is 5.96. The van der Waals surface area contributed by atoms with Crippen molar-refractivity contribution < 1.29 is 18.7 Å². The summed E-state index contributed by atoms with van der Waals surface area (Å²) in [5.41, 5.74) is 2.77. The summed E-state index contributed by atoms with van der Waals surface area (Å²) < 4.78 is 25.5. The van der Waals surface area contributed by atoms with Crippen LogP contribution in [0.5, 0.6) is 0 Å². The maximum Gasteiger partial charge on any atom is 0.337 e. The number of aromatic nitrogens is 1. The Hall–Kier alpha value is -2.30. The van der Waals surface area contributed by atoms with Crippen molar-refractivity contribution in [1.29, 1.82) is 0 Å². The van der Waals surface area contributed by atoms with Gasteiger partial charge in [0.15, 0.2) is 0 Å². The minimum absolute atomic E-state index is 0.139. The summed E-state index contributed by atoms with van der Waals surface area (Å²) >= 11 is 0. The molecule has 0 bridgehead atoms. The molecule has 0 fully saturated rings. The van der Waals surface area contributed by atoms with Gasteiger partial charge in [0.2, 0.25) is 6.43 Å². The smallest absolute Gasteiger partial charge is 0.337 e. The van der Waals surface area contributed by atoms with Crippen LogP contribution < -0.4 is 0 Å². The zero-order chi connectivity index (χ0) is 15.7. The molecule has 1 unspecified atom stereocenters. The Balaban J connectivity index is 2.00. The molecule has 3 nitrogen and oxygen atoms in total. The average Bonchev–Trinajstić information content (AvgIpc) is 2.53. The van der Waals surface area contributed by atoms with Gasteiger partial charge in [0, 0.05) is 23.1 Å². The summed E-state index contributed by atoms with van der Waals surface area (Å²) in [5.74, 6) is -1.58. The van der Waals surface area contributed by atoms with Crippen LogP contribution in [0, 0.1) is 5.92 Å². The molecule has 114 valence electrons. The molecule has 1 N–H and O–H groups in total. The van der Waals surface area contributed by atoms with Crippen molar-refractivity contribution >= 4 is 22.4 Å². The molecule has 22 heavy (non-hydrogen) atoms. The molecular formula is C17H15F2NO2. The number of nitrogens with zero attached hydrogens (tertiary/aromatic N) is 1. The fraction of sp³-hybridized carbons (Fsp3) is 0.294. The van der Waals surface area contributed by atoms with Gasteiger partial charge in [0.05, 0.1) is 11.1 Å². The van der Waals surface area contributed by atoms with Gasteiger partial charge in [-0.1, -0.05) is 24.3 Å². The van der Waals surface area contributed by atoms with Gasteiger partial charge < -0.3 is 5.11 Å². The van der Waals surface area contributed by atoms with Crippen molar-refractivity contribution in [2.24, 2.45) is 5.92 Å². The summed E-state index contributed by atoms with van der Waals surface area (Å²) in [4.78, 5) is 15.3. The lowest BCUT2D eigenvalue weighted by atomic mass is 9.86. The Bertz CT molecular complexity index is 755. The number of halogens is 2. The highest BCUT2D eigenvalue weighted by Crippen LogP contribution is 2.35. The molecule has 0 saturated carbocycles. The van der Waals surface area contributed by atoms with Crippen LogP contribution in [0.1, 0.15) is 35.2 Å². The van der Waals surface area contributed by atoms with Crippen molar-refractivity contribution in [3.63, 3.8) is 0 Å². The molecule has 5 heteroatoms. The summed E-state index contributed by atoms with van der Waals surface area (Å²) in [6, 6.07) is 7.14. The molecule has 1 atom stereocenters. The van der Waals surface area contributed by atoms with Gasteiger partial charge in [-0.2, -0.15) is 0 Å². The normalized spacial score (nSPS) is 18.5. The quantitative estimate of drug-likeness (QED) is 0.915. The molecule has 0 amide bonds. The standard InChI is InChI=1S/C17H15F2NO2/c18-16(19)11-6-4-10(5-7-11)14-3-1-2-12-8-13(17(21)22)9-20-15(12)14/h1-4,8-9,11,16H,5-7H2,(H,21,22). The molecule has 0 radical (unpaired) electrons. The Morgan fingerprint density at radius 1 is 1.36 bits per heavy atom. The van der Waals surface area contributed by atoms with E-state index in [0.29, 0.717) is 24.8 Å². The third-order valence-corrected chi connectivity index (χ3v) is 4.11. The first-order chi connectivity index (χ1) is 10.6. The van der Waals surface area contributed by atoms with E-state index >= 15 is 0 Å². The van der Waals surface area contributed by atoms with E-state index in [1.54, 1.807) is 6.07 Å². The molecule has 3 rings (SSSR count). The molecule has 1 aliphatic rings. The molecule has 1 aromatic heterocycles. The summed E-state index contributed by atoms with van der Waals surface area (Å²) in [6.07, 6.45) is 2.35. The van der Waals surface area contributed by atoms with E-state index in [4.69, 9.17) is 5.11 Å². The number of hydrogen-bond donors (Lipinski definition) is 1. The highest BCUT2D eigenvalue weighted by atomic mass is 19.3. The van der Waals surface area contributed by atoms with Gasteiger partial charge in [-0.05, 0) is 30.9 Å². The highest BCUT2D eigenvalue weighted by Gasteiger charge is 2.24. The lowest BCUT2D eigenvalue weighted by Gasteiger charge is -2.21. The number of alkyl halides is 2. The number of pyridine rings is 1. The van der Waals surface area contributed by atoms with Crippen LogP contribution in [0.25, 0.3) is 16.5 Å². The predicted molar refractivity (Wildman–Crippen MR) is 80.0 cm³/mol. The molecule has 1 aromatic carbocycles. The minimum Gasteiger partial charge on any atom is -0.478 e. The van der Waals surface area contributed by atoms with Gasteiger partial charge >= 0.3 is 5.97 Å². The van der Waals surface area contributed by atoms with E-state index in [9.17, 15) is 13.6 Å². The number of aromatic carboxylic acids is 1. The summed E-state index contributed by atoms with van der Waals surface area (Å²) in [7, 11) is 0. The number of carboxylic acid groups (broad SMARTS) is 1. The van der Waals surface area contributed by atoms with Crippen LogP contribution in [-0.4, -0.2) is 22.5 Å². The molecule has 0 spiro atoms. The van der Waals surface area contributed by atoms with Gasteiger partial charge in [-0.25, -0.2) is 13.6 Å². The predicted octanol–water partition coefficient (Wildman–Crippen LogP) is 4.38. The van der Waals surface area contributed by atoms with Gasteiger partial charge in [0.25, 0.3) is 0 Å². The second-order valence-electron chi connectivity index (χ2n) is 5.50. The van der Waals surface area contributed by atoms with E-state index in [2.05, 4.69) is 4.98 Å². The van der Waals surface area contributed by atoms with E-state index < -0.39 is 18.3 Å². The monoisotopic (exact) mass is 303 g/mol. The maximum absolute atomic E-state index is 12.7. The number of para-hydroxylation sites is 1. The second-order valence-corrected chi connectivity index (χ2v) is 5.50. The fourth-order valence-electron chi connectivity index (χ4n) is 2.86. The molecular weight excluding hydrogens is 288 g/mol. The van der Waals surface area contributed by atoms with Crippen molar-refractivity contribution in [3.8, 4) is 0 Å². The van der Waals surface area contributed by atoms with Crippen molar-refractivity contribution in [3.05, 3.63) is 47.7 Å². The van der Waals surface area contributed by atoms with E-state index in [1.165, 1.54) is 6.20 Å². The third-order valence-electron chi connectivity index (χ3n) is 4.11. The maximum atomic E-state index is 12.7. The Labute approximate surface area is 126 Å². The van der Waals surface area contributed by atoms with Crippen LogP contribution >= 0.6 is 0 Å². The van der Waals surface area contributed by atoms with E-state index in [-0.39, 0.29) is 5.56 Å². The third kappa shape index (κ3) is 2.71. The number of benzene rings is 1. The zero-order valence-corrected chi connectivity index (χ0v) is 11.8. The largest absolute Gasteiger partial charge is 0.478 e. The summed E-state index contributed by atoms with van der Waals surface area (Å²) in [5, 5.41) is 9.77. The van der Waals surface area contributed by atoms with Crippen LogP contribution in [0.2, 0.25) is 0 Å². The zero-order valence-electron chi connectivity index (χ0n) is 11.8. The van der Waals surface area contributed by atoms with Crippen LogP contribution in [0.15, 0.2) is 36.5 Å². The molecule has 2 aromatic rings. The molecule has 1 heterocycles. The number of hydrogen-bond acceptors (Lipinski definition) is 2. The Morgan fingerprint density at radius 2 is 2.18 bits per heavy atom. The van der Waals surface area contributed by atoms with Gasteiger partial charge in [-0.15, -0.1) is 0 Å². The Kier molecular flexibility index (Phi) is 3.88. The topological polar surface area (TPSA) is 50.2 Å². The fourth-order valence-corrected chi connectivity index (χ4v) is 2.86. The number of rotatable bonds is 3. The first-order valence-electron chi connectivity index (χ1n) is 7.16. The number of carbonyl (C=O) groups is 1. The molecule has 1 aliphatic carbocycles. The number of allylic oxidation sites excluding steroid dienone is 2. The van der Waals surface area contributed by atoms with Crippen LogP contribution in [-0.2, 0) is 0 Å². The van der Waals surface area contributed by atoms with Gasteiger partial charge in [-0.3, -0.25) is 4.98 Å². The van der Waals surface area contributed by atoms with Crippen molar-refractivity contribution in [2.75, 3.05) is 0 Å². The lowest BCUT2D eigenvalue weighted by molar-refractivity contribution is 0.0695.